The van der Waals surface area contributed by atoms with Gasteiger partial charge in [0.15, 0.2) is 11.5 Å². The van der Waals surface area contributed by atoms with E-state index in [9.17, 15) is 18.0 Å². The number of nitrogens with zero attached hydrogens (tertiary/aromatic N) is 2. The first-order valence-electron chi connectivity index (χ1n) is 13.0. The number of rotatable bonds is 11. The predicted molar refractivity (Wildman–Crippen MR) is 150 cm³/mol. The summed E-state index contributed by atoms with van der Waals surface area (Å²) in [4.78, 5) is 28.7. The molecule has 2 aromatic carbocycles. The van der Waals surface area contributed by atoms with Crippen molar-refractivity contribution < 1.29 is 32.2 Å². The molecular weight excluding hydrogens is 522 g/mol. The van der Waals surface area contributed by atoms with Gasteiger partial charge in [0.2, 0.25) is 21.8 Å². The van der Waals surface area contributed by atoms with Crippen molar-refractivity contribution in [1.82, 2.24) is 10.2 Å². The van der Waals surface area contributed by atoms with Crippen molar-refractivity contribution in [1.29, 1.82) is 0 Å². The van der Waals surface area contributed by atoms with E-state index in [1.165, 1.54) is 11.8 Å². The third kappa shape index (κ3) is 7.78. The van der Waals surface area contributed by atoms with Crippen LogP contribution >= 0.6 is 0 Å². The largest absolute Gasteiger partial charge is 0.497 e. The van der Waals surface area contributed by atoms with E-state index >= 15 is 0 Å². The second-order valence-electron chi connectivity index (χ2n) is 10.3. The number of hydrogen-bond acceptors (Lipinski definition) is 7. The summed E-state index contributed by atoms with van der Waals surface area (Å²) in [7, 11) is -2.31. The molecule has 39 heavy (non-hydrogen) atoms. The van der Waals surface area contributed by atoms with Crippen LogP contribution in [-0.4, -0.2) is 69.3 Å². The van der Waals surface area contributed by atoms with E-state index in [1.54, 1.807) is 43.5 Å². The molecule has 0 saturated heterocycles. The number of carbonyl (C=O) groups excluding carboxylic acids is 2. The standard InChI is InChI=1S/C28H39N3O7S/c1-7-23(27(33)29-28(3,4)5)30(18-20-10-9-11-22(16-20)36-6)26(32)19-31(39(34,35)8-2)21-12-13-24-25(17-21)38-15-14-37-24/h9-13,16-17,23H,7-8,14-15,18-19H2,1-6H3,(H,29,33)/t23-/m1/s1. The molecular formula is C28H39N3O7S. The Bertz CT molecular complexity index is 1270. The zero-order valence-corrected chi connectivity index (χ0v) is 24.3. The number of nitrogens with one attached hydrogen (secondary N) is 1. The molecule has 0 saturated carbocycles. The molecule has 1 aliphatic heterocycles. The Balaban J connectivity index is 2.00. The predicted octanol–water partition coefficient (Wildman–Crippen LogP) is 3.34. The average Bonchev–Trinajstić information content (AvgIpc) is 2.90. The minimum Gasteiger partial charge on any atom is -0.497 e. The smallest absolute Gasteiger partial charge is 0.244 e. The van der Waals surface area contributed by atoms with Gasteiger partial charge in [-0.3, -0.25) is 13.9 Å². The van der Waals surface area contributed by atoms with Gasteiger partial charge in [-0.15, -0.1) is 0 Å². The lowest BCUT2D eigenvalue weighted by Gasteiger charge is -2.35. The van der Waals surface area contributed by atoms with E-state index in [-0.39, 0.29) is 23.9 Å². The molecule has 3 rings (SSSR count). The molecule has 0 unspecified atom stereocenters. The number of benzene rings is 2. The minimum atomic E-state index is -3.86. The molecule has 11 heteroatoms. The van der Waals surface area contributed by atoms with Crippen LogP contribution in [0.25, 0.3) is 0 Å². The fourth-order valence-electron chi connectivity index (χ4n) is 4.25. The molecule has 1 heterocycles. The third-order valence-electron chi connectivity index (χ3n) is 6.16. The number of fused-ring (bicyclic) bond motifs is 1. The highest BCUT2D eigenvalue weighted by Crippen LogP contribution is 2.35. The first kappa shape index (κ1) is 30.1. The van der Waals surface area contributed by atoms with Gasteiger partial charge in [0.25, 0.3) is 0 Å². The highest BCUT2D eigenvalue weighted by Gasteiger charge is 2.34. The molecule has 2 amide bonds. The van der Waals surface area contributed by atoms with Crippen molar-refractivity contribution in [2.45, 2.75) is 59.2 Å². The highest BCUT2D eigenvalue weighted by atomic mass is 32.2. The average molecular weight is 562 g/mol. The van der Waals surface area contributed by atoms with Crippen molar-refractivity contribution in [3.05, 3.63) is 48.0 Å². The minimum absolute atomic E-state index is 0.0905. The Kier molecular flexibility index (Phi) is 9.71. The summed E-state index contributed by atoms with van der Waals surface area (Å²) in [6.45, 7) is 9.27. The number of hydrogen-bond donors (Lipinski definition) is 1. The van der Waals surface area contributed by atoms with Crippen LogP contribution in [0.3, 0.4) is 0 Å². The number of anilines is 1. The van der Waals surface area contributed by atoms with Gasteiger partial charge in [-0.05, 0) is 63.9 Å². The lowest BCUT2D eigenvalue weighted by molar-refractivity contribution is -0.141. The molecule has 0 radical (unpaired) electrons. The maximum absolute atomic E-state index is 14.0. The van der Waals surface area contributed by atoms with Crippen molar-refractivity contribution in [3.63, 3.8) is 0 Å². The van der Waals surface area contributed by atoms with Gasteiger partial charge in [-0.25, -0.2) is 8.42 Å². The second kappa shape index (κ2) is 12.6. The summed E-state index contributed by atoms with van der Waals surface area (Å²) in [5.74, 6) is 0.484. The molecule has 214 valence electrons. The molecule has 0 fully saturated rings. The zero-order chi connectivity index (χ0) is 28.8. The lowest BCUT2D eigenvalue weighted by atomic mass is 10.1. The van der Waals surface area contributed by atoms with Gasteiger partial charge in [0.05, 0.1) is 18.6 Å². The van der Waals surface area contributed by atoms with Crippen molar-refractivity contribution in [2.75, 3.05) is 36.9 Å². The molecule has 1 atom stereocenters. The third-order valence-corrected chi connectivity index (χ3v) is 7.91. The van der Waals surface area contributed by atoms with E-state index < -0.39 is 34.1 Å². The van der Waals surface area contributed by atoms with Crippen LogP contribution < -0.4 is 23.8 Å². The number of ether oxygens (including phenoxy) is 3. The van der Waals surface area contributed by atoms with Crippen molar-refractivity contribution in [2.24, 2.45) is 0 Å². The lowest BCUT2D eigenvalue weighted by Crippen LogP contribution is -2.55. The summed E-state index contributed by atoms with van der Waals surface area (Å²) in [5, 5.41) is 2.95. The summed E-state index contributed by atoms with van der Waals surface area (Å²) in [6, 6.07) is 11.2. The topological polar surface area (TPSA) is 114 Å². The quantitative estimate of drug-likeness (QED) is 0.448. The van der Waals surface area contributed by atoms with E-state index in [0.29, 0.717) is 36.9 Å². The van der Waals surface area contributed by atoms with Gasteiger partial charge < -0.3 is 24.4 Å². The summed E-state index contributed by atoms with van der Waals surface area (Å²) < 4.78 is 44.0. The molecule has 0 aromatic heterocycles. The van der Waals surface area contributed by atoms with Crippen LogP contribution in [0, 0.1) is 0 Å². The summed E-state index contributed by atoms with van der Waals surface area (Å²) >= 11 is 0. The maximum atomic E-state index is 14.0. The van der Waals surface area contributed by atoms with Crippen LogP contribution in [0.1, 0.15) is 46.6 Å². The van der Waals surface area contributed by atoms with Gasteiger partial charge >= 0.3 is 0 Å². The van der Waals surface area contributed by atoms with Gasteiger partial charge in [0.1, 0.15) is 31.5 Å². The molecule has 0 spiro atoms. The normalized spacial score (nSPS) is 13.8. The molecule has 2 aromatic rings. The Labute approximate surface area is 231 Å². The number of amides is 2. The molecule has 10 nitrogen and oxygen atoms in total. The number of methoxy groups -OCH3 is 1. The fourth-order valence-corrected chi connectivity index (χ4v) is 5.30. The van der Waals surface area contributed by atoms with Crippen LogP contribution in [0.15, 0.2) is 42.5 Å². The Morgan fingerprint density at radius 3 is 2.36 bits per heavy atom. The molecule has 0 aliphatic carbocycles. The first-order chi connectivity index (χ1) is 18.4. The van der Waals surface area contributed by atoms with Crippen molar-refractivity contribution in [3.8, 4) is 17.2 Å². The van der Waals surface area contributed by atoms with E-state index in [1.807, 2.05) is 33.8 Å². The highest BCUT2D eigenvalue weighted by molar-refractivity contribution is 7.92. The summed E-state index contributed by atoms with van der Waals surface area (Å²) in [6.07, 6.45) is 0.335. The Hall–Kier alpha value is -3.47. The van der Waals surface area contributed by atoms with E-state index in [2.05, 4.69) is 5.32 Å². The Morgan fingerprint density at radius 2 is 1.74 bits per heavy atom. The molecule has 1 aliphatic rings. The van der Waals surface area contributed by atoms with Crippen LogP contribution in [0.5, 0.6) is 17.2 Å². The second-order valence-corrected chi connectivity index (χ2v) is 12.5. The number of sulfonamides is 1. The van der Waals surface area contributed by atoms with Gasteiger partial charge in [-0.1, -0.05) is 19.1 Å². The SMILES string of the molecule is CC[C@H](C(=O)NC(C)(C)C)N(Cc1cccc(OC)c1)C(=O)CN(c1ccc2c(c1)OCCO2)S(=O)(=O)CC. The molecule has 1 N–H and O–H groups in total. The number of carbonyl (C=O) groups is 2. The Morgan fingerprint density at radius 1 is 1.05 bits per heavy atom. The van der Waals surface area contributed by atoms with Gasteiger partial charge in [-0.2, -0.15) is 0 Å². The van der Waals surface area contributed by atoms with Crippen LogP contribution in [0.2, 0.25) is 0 Å². The first-order valence-corrected chi connectivity index (χ1v) is 14.6. The van der Waals surface area contributed by atoms with E-state index in [4.69, 9.17) is 14.2 Å². The van der Waals surface area contributed by atoms with Crippen molar-refractivity contribution >= 4 is 27.5 Å². The van der Waals surface area contributed by atoms with E-state index in [0.717, 1.165) is 9.87 Å². The maximum Gasteiger partial charge on any atom is 0.244 e. The van der Waals surface area contributed by atoms with Gasteiger partial charge in [0, 0.05) is 18.2 Å². The monoisotopic (exact) mass is 561 g/mol. The zero-order valence-electron chi connectivity index (χ0n) is 23.5. The fraction of sp³-hybridized carbons (Fsp3) is 0.500. The molecule has 0 bridgehead atoms. The summed E-state index contributed by atoms with van der Waals surface area (Å²) in [5.41, 5.74) is 0.509. The van der Waals surface area contributed by atoms with Crippen LogP contribution in [0.4, 0.5) is 5.69 Å². The van der Waals surface area contributed by atoms with Crippen LogP contribution in [-0.2, 0) is 26.2 Å².